The SMILES string of the molecule is C=C(C(=O)OC(C)OCCO)c1ccccc1. The lowest BCUT2D eigenvalue weighted by Gasteiger charge is -2.14. The second-order valence-corrected chi connectivity index (χ2v) is 3.41. The molecule has 1 aromatic rings. The number of rotatable bonds is 6. The predicted octanol–water partition coefficient (Wildman–Crippen LogP) is 1.60. The van der Waals surface area contributed by atoms with Crippen molar-refractivity contribution in [2.75, 3.05) is 13.2 Å². The summed E-state index contributed by atoms with van der Waals surface area (Å²) in [6.45, 7) is 5.29. The third-order valence-corrected chi connectivity index (χ3v) is 2.09. The number of esters is 1. The zero-order chi connectivity index (χ0) is 12.7. The van der Waals surface area contributed by atoms with Gasteiger partial charge >= 0.3 is 5.97 Å². The standard InChI is InChI=1S/C13H16O4/c1-10(12-6-4-3-5-7-12)13(15)17-11(2)16-9-8-14/h3-7,11,14H,1,8-9H2,2H3. The first-order chi connectivity index (χ1) is 8.15. The lowest BCUT2D eigenvalue weighted by Crippen LogP contribution is -2.20. The maximum absolute atomic E-state index is 11.7. The molecule has 1 N–H and O–H groups in total. The van der Waals surface area contributed by atoms with E-state index in [1.54, 1.807) is 19.1 Å². The van der Waals surface area contributed by atoms with Gasteiger partial charge in [0.1, 0.15) is 0 Å². The van der Waals surface area contributed by atoms with Gasteiger partial charge < -0.3 is 14.6 Å². The quantitative estimate of drug-likeness (QED) is 0.463. The van der Waals surface area contributed by atoms with E-state index in [2.05, 4.69) is 6.58 Å². The van der Waals surface area contributed by atoms with Crippen LogP contribution in [0.1, 0.15) is 12.5 Å². The Morgan fingerprint density at radius 2 is 2.06 bits per heavy atom. The largest absolute Gasteiger partial charge is 0.432 e. The number of hydrogen-bond donors (Lipinski definition) is 1. The van der Waals surface area contributed by atoms with E-state index in [9.17, 15) is 4.79 Å². The Morgan fingerprint density at radius 1 is 1.41 bits per heavy atom. The fraction of sp³-hybridized carbons (Fsp3) is 0.308. The second kappa shape index (κ2) is 6.83. The third kappa shape index (κ3) is 4.38. The van der Waals surface area contributed by atoms with Crippen LogP contribution in [0.25, 0.3) is 5.57 Å². The van der Waals surface area contributed by atoms with E-state index >= 15 is 0 Å². The molecule has 1 unspecified atom stereocenters. The molecule has 0 aliphatic carbocycles. The Morgan fingerprint density at radius 3 is 2.65 bits per heavy atom. The molecule has 92 valence electrons. The van der Waals surface area contributed by atoms with E-state index in [1.165, 1.54) is 0 Å². The molecule has 0 radical (unpaired) electrons. The maximum atomic E-state index is 11.7. The van der Waals surface area contributed by atoms with Gasteiger partial charge in [0.05, 0.1) is 18.8 Å². The van der Waals surface area contributed by atoms with Gasteiger partial charge in [-0.2, -0.15) is 0 Å². The molecule has 17 heavy (non-hydrogen) atoms. The van der Waals surface area contributed by atoms with Crippen LogP contribution in [0.4, 0.5) is 0 Å². The van der Waals surface area contributed by atoms with Gasteiger partial charge in [0.2, 0.25) is 6.29 Å². The number of hydrogen-bond acceptors (Lipinski definition) is 4. The van der Waals surface area contributed by atoms with Crippen LogP contribution in [-0.4, -0.2) is 30.6 Å². The molecule has 0 amide bonds. The predicted molar refractivity (Wildman–Crippen MR) is 64.1 cm³/mol. The van der Waals surface area contributed by atoms with E-state index in [0.717, 1.165) is 0 Å². The molecule has 0 spiro atoms. The van der Waals surface area contributed by atoms with E-state index < -0.39 is 12.3 Å². The van der Waals surface area contributed by atoms with Gasteiger partial charge in [-0.25, -0.2) is 4.79 Å². The Hall–Kier alpha value is -1.65. The molecule has 0 heterocycles. The smallest absolute Gasteiger partial charge is 0.340 e. The summed E-state index contributed by atoms with van der Waals surface area (Å²) in [6, 6.07) is 9.06. The van der Waals surface area contributed by atoms with Crippen molar-refractivity contribution in [3.63, 3.8) is 0 Å². The first-order valence-corrected chi connectivity index (χ1v) is 5.33. The summed E-state index contributed by atoms with van der Waals surface area (Å²) >= 11 is 0. The highest BCUT2D eigenvalue weighted by atomic mass is 16.7. The van der Waals surface area contributed by atoms with Crippen molar-refractivity contribution < 1.29 is 19.4 Å². The van der Waals surface area contributed by atoms with Gasteiger partial charge in [-0.1, -0.05) is 36.9 Å². The van der Waals surface area contributed by atoms with Crippen LogP contribution in [0.15, 0.2) is 36.9 Å². The van der Waals surface area contributed by atoms with Crippen LogP contribution in [0, 0.1) is 0 Å². The van der Waals surface area contributed by atoms with Crippen molar-refractivity contribution in [2.45, 2.75) is 13.2 Å². The normalized spacial score (nSPS) is 11.9. The molecule has 0 aromatic heterocycles. The maximum Gasteiger partial charge on any atom is 0.340 e. The van der Waals surface area contributed by atoms with Crippen molar-refractivity contribution >= 4 is 11.5 Å². The molecule has 1 rings (SSSR count). The Kier molecular flexibility index (Phi) is 5.39. The monoisotopic (exact) mass is 236 g/mol. The molecule has 1 aromatic carbocycles. The summed E-state index contributed by atoms with van der Waals surface area (Å²) in [6.07, 6.45) is -0.699. The highest BCUT2D eigenvalue weighted by molar-refractivity contribution is 6.15. The summed E-state index contributed by atoms with van der Waals surface area (Å²) in [5.41, 5.74) is 0.997. The number of carbonyl (C=O) groups excluding carboxylic acids is 1. The van der Waals surface area contributed by atoms with E-state index in [1.807, 2.05) is 18.2 Å². The average Bonchev–Trinajstić information content (AvgIpc) is 2.36. The Balaban J connectivity index is 2.51. The van der Waals surface area contributed by atoms with E-state index in [0.29, 0.717) is 5.56 Å². The summed E-state index contributed by atoms with van der Waals surface area (Å²) in [5.74, 6) is -0.526. The van der Waals surface area contributed by atoms with Gasteiger partial charge in [-0.15, -0.1) is 0 Å². The van der Waals surface area contributed by atoms with E-state index in [4.69, 9.17) is 14.6 Å². The van der Waals surface area contributed by atoms with Gasteiger partial charge in [0.15, 0.2) is 0 Å². The highest BCUT2D eigenvalue weighted by Crippen LogP contribution is 2.14. The number of carbonyl (C=O) groups is 1. The molecule has 0 aliphatic rings. The number of benzene rings is 1. The molecule has 0 aliphatic heterocycles. The van der Waals surface area contributed by atoms with Gasteiger partial charge in [-0.05, 0) is 12.5 Å². The second-order valence-electron chi connectivity index (χ2n) is 3.41. The number of aliphatic hydroxyl groups excluding tert-OH is 1. The van der Waals surface area contributed by atoms with Gasteiger partial charge in [-0.3, -0.25) is 0 Å². The number of aliphatic hydroxyl groups is 1. The minimum Gasteiger partial charge on any atom is -0.432 e. The molecule has 0 fully saturated rings. The molecule has 1 atom stereocenters. The molecular weight excluding hydrogens is 220 g/mol. The van der Waals surface area contributed by atoms with Crippen molar-refractivity contribution in [3.8, 4) is 0 Å². The first kappa shape index (κ1) is 13.4. The fourth-order valence-electron chi connectivity index (χ4n) is 1.23. The molecule has 0 bridgehead atoms. The number of ether oxygens (including phenoxy) is 2. The van der Waals surface area contributed by atoms with Crippen LogP contribution in [0.5, 0.6) is 0 Å². The molecule has 0 saturated carbocycles. The topological polar surface area (TPSA) is 55.8 Å². The van der Waals surface area contributed by atoms with Crippen LogP contribution in [0.2, 0.25) is 0 Å². The average molecular weight is 236 g/mol. The molecule has 4 nitrogen and oxygen atoms in total. The minimum atomic E-state index is -0.699. The summed E-state index contributed by atoms with van der Waals surface area (Å²) in [4.78, 5) is 11.7. The van der Waals surface area contributed by atoms with Gasteiger partial charge in [0, 0.05) is 0 Å². The van der Waals surface area contributed by atoms with Crippen LogP contribution < -0.4 is 0 Å². The van der Waals surface area contributed by atoms with Crippen molar-refractivity contribution in [2.24, 2.45) is 0 Å². The van der Waals surface area contributed by atoms with Crippen molar-refractivity contribution in [3.05, 3.63) is 42.5 Å². The van der Waals surface area contributed by atoms with Gasteiger partial charge in [0.25, 0.3) is 0 Å². The van der Waals surface area contributed by atoms with Crippen molar-refractivity contribution in [1.29, 1.82) is 0 Å². The Bertz CT molecular complexity index is 372. The van der Waals surface area contributed by atoms with Crippen molar-refractivity contribution in [1.82, 2.24) is 0 Å². The highest BCUT2D eigenvalue weighted by Gasteiger charge is 2.14. The molecule has 0 saturated heterocycles. The molecule has 4 heteroatoms. The van der Waals surface area contributed by atoms with Crippen LogP contribution in [0.3, 0.4) is 0 Å². The fourth-order valence-corrected chi connectivity index (χ4v) is 1.23. The van der Waals surface area contributed by atoms with Crippen LogP contribution in [-0.2, 0) is 14.3 Å². The minimum absolute atomic E-state index is 0.110. The zero-order valence-electron chi connectivity index (χ0n) is 9.76. The third-order valence-electron chi connectivity index (χ3n) is 2.09. The zero-order valence-corrected chi connectivity index (χ0v) is 9.76. The summed E-state index contributed by atoms with van der Waals surface area (Å²) in [7, 11) is 0. The summed E-state index contributed by atoms with van der Waals surface area (Å²) in [5, 5.41) is 8.55. The van der Waals surface area contributed by atoms with E-state index in [-0.39, 0.29) is 18.8 Å². The Labute approximate surface area is 100 Å². The first-order valence-electron chi connectivity index (χ1n) is 5.33. The summed E-state index contributed by atoms with van der Waals surface area (Å²) < 4.78 is 10.0. The lowest BCUT2D eigenvalue weighted by atomic mass is 10.1. The van der Waals surface area contributed by atoms with Crippen LogP contribution >= 0.6 is 0 Å². The molecular formula is C13H16O4. The lowest BCUT2D eigenvalue weighted by molar-refractivity contribution is -0.169.